The molecule has 0 N–H and O–H groups in total. The highest BCUT2D eigenvalue weighted by atomic mass is 16.5. The fourth-order valence-electron chi connectivity index (χ4n) is 3.97. The molecule has 1 saturated heterocycles. The summed E-state index contributed by atoms with van der Waals surface area (Å²) in [6.07, 6.45) is 2.24. The Morgan fingerprint density at radius 2 is 2.29 bits per heavy atom. The van der Waals surface area contributed by atoms with E-state index in [1.54, 1.807) is 0 Å². The maximum absolute atomic E-state index is 11.7. The van der Waals surface area contributed by atoms with Crippen LogP contribution < -0.4 is 0 Å². The fraction of sp³-hybridized carbons (Fsp3) is 0.818. The van der Waals surface area contributed by atoms with Gasteiger partial charge in [0.05, 0.1) is 12.7 Å². The van der Waals surface area contributed by atoms with Crippen molar-refractivity contribution in [1.82, 2.24) is 0 Å². The highest BCUT2D eigenvalue weighted by Gasteiger charge is 2.69. The van der Waals surface area contributed by atoms with Crippen LogP contribution in [-0.2, 0) is 9.53 Å². The second-order valence-electron chi connectivity index (χ2n) is 5.00. The summed E-state index contributed by atoms with van der Waals surface area (Å²) in [5.74, 6) is 1.28. The molecule has 1 aliphatic heterocycles. The topological polar surface area (TPSA) is 50.1 Å². The number of nitriles is 1. The molecule has 0 aromatic carbocycles. The molecule has 3 rings (SSSR count). The van der Waals surface area contributed by atoms with Crippen molar-refractivity contribution in [3.8, 4) is 6.07 Å². The van der Waals surface area contributed by atoms with E-state index in [0.29, 0.717) is 18.4 Å². The normalized spacial score (nSPS) is 54.1. The van der Waals surface area contributed by atoms with Gasteiger partial charge in [-0.25, -0.2) is 0 Å². The van der Waals surface area contributed by atoms with Crippen molar-refractivity contribution in [2.45, 2.75) is 19.8 Å². The molecule has 0 radical (unpaired) electrons. The first-order valence-electron chi connectivity index (χ1n) is 5.28. The molecule has 74 valence electrons. The van der Waals surface area contributed by atoms with Crippen LogP contribution in [0.4, 0.5) is 0 Å². The molecular weight excluding hydrogens is 178 g/mol. The molecule has 0 aromatic rings. The van der Waals surface area contributed by atoms with E-state index in [-0.39, 0.29) is 17.8 Å². The summed E-state index contributed by atoms with van der Waals surface area (Å²) in [6.45, 7) is 2.64. The SMILES string of the molecule is CC1CC2CC1C1(C#N)C(=O)OCC21. The molecule has 3 nitrogen and oxygen atoms in total. The Balaban J connectivity index is 2.11. The van der Waals surface area contributed by atoms with Gasteiger partial charge in [0.1, 0.15) is 0 Å². The minimum absolute atomic E-state index is 0.196. The van der Waals surface area contributed by atoms with E-state index in [1.165, 1.54) is 6.42 Å². The Kier molecular flexibility index (Phi) is 1.36. The quantitative estimate of drug-likeness (QED) is 0.543. The Labute approximate surface area is 83.0 Å². The highest BCUT2D eigenvalue weighted by Crippen LogP contribution is 2.64. The second-order valence-corrected chi connectivity index (χ2v) is 5.00. The maximum atomic E-state index is 11.7. The third-order valence-corrected chi connectivity index (χ3v) is 4.57. The van der Waals surface area contributed by atoms with Crippen LogP contribution in [0.1, 0.15) is 19.8 Å². The number of hydrogen-bond donors (Lipinski definition) is 0. The highest BCUT2D eigenvalue weighted by molar-refractivity contribution is 5.84. The van der Waals surface area contributed by atoms with E-state index in [9.17, 15) is 10.1 Å². The van der Waals surface area contributed by atoms with Crippen molar-refractivity contribution >= 4 is 5.97 Å². The van der Waals surface area contributed by atoms with Crippen LogP contribution in [0.25, 0.3) is 0 Å². The van der Waals surface area contributed by atoms with Gasteiger partial charge in [-0.15, -0.1) is 0 Å². The van der Waals surface area contributed by atoms with Crippen molar-refractivity contribution in [2.24, 2.45) is 29.1 Å². The van der Waals surface area contributed by atoms with Crippen LogP contribution in [0.5, 0.6) is 0 Å². The van der Waals surface area contributed by atoms with Crippen molar-refractivity contribution in [1.29, 1.82) is 5.26 Å². The summed E-state index contributed by atoms with van der Waals surface area (Å²) in [6, 6.07) is 2.28. The number of esters is 1. The lowest BCUT2D eigenvalue weighted by molar-refractivity contribution is -0.146. The van der Waals surface area contributed by atoms with Crippen LogP contribution in [0.3, 0.4) is 0 Å². The minimum Gasteiger partial charge on any atom is -0.464 e. The smallest absolute Gasteiger partial charge is 0.327 e. The zero-order valence-electron chi connectivity index (χ0n) is 8.19. The first kappa shape index (κ1) is 8.28. The van der Waals surface area contributed by atoms with E-state index < -0.39 is 5.41 Å². The number of nitrogens with zero attached hydrogens (tertiary/aromatic N) is 1. The summed E-state index contributed by atoms with van der Waals surface area (Å²) >= 11 is 0. The molecule has 0 spiro atoms. The lowest BCUT2D eigenvalue weighted by Crippen LogP contribution is -2.40. The van der Waals surface area contributed by atoms with Gasteiger partial charge in [-0.3, -0.25) is 4.79 Å². The lowest BCUT2D eigenvalue weighted by Gasteiger charge is -2.32. The first-order valence-corrected chi connectivity index (χ1v) is 5.28. The number of cyclic esters (lactones) is 1. The monoisotopic (exact) mass is 191 g/mol. The lowest BCUT2D eigenvalue weighted by atomic mass is 9.65. The van der Waals surface area contributed by atoms with Gasteiger partial charge in [-0.2, -0.15) is 5.26 Å². The Hall–Kier alpha value is -1.04. The minimum atomic E-state index is -0.762. The van der Waals surface area contributed by atoms with Crippen molar-refractivity contribution in [3.05, 3.63) is 0 Å². The molecule has 14 heavy (non-hydrogen) atoms. The molecule has 3 fully saturated rings. The van der Waals surface area contributed by atoms with Gasteiger partial charge in [-0.05, 0) is 30.6 Å². The van der Waals surface area contributed by atoms with Gasteiger partial charge in [0.2, 0.25) is 0 Å². The standard InChI is InChI=1S/C11H13NO2/c1-6-2-7-3-8(6)11(5-12)9(7)4-14-10(11)13/h6-9H,2-4H2,1H3. The molecule has 0 amide bonds. The Bertz CT molecular complexity index is 346. The molecule has 2 aliphatic carbocycles. The number of hydrogen-bond acceptors (Lipinski definition) is 3. The predicted octanol–water partition coefficient (Wildman–Crippen LogP) is 1.35. The Morgan fingerprint density at radius 1 is 1.50 bits per heavy atom. The van der Waals surface area contributed by atoms with Gasteiger partial charge in [0, 0.05) is 5.92 Å². The third kappa shape index (κ3) is 0.648. The molecule has 2 bridgehead atoms. The van der Waals surface area contributed by atoms with Crippen LogP contribution in [0.2, 0.25) is 0 Å². The van der Waals surface area contributed by atoms with Crippen LogP contribution in [0, 0.1) is 40.4 Å². The van der Waals surface area contributed by atoms with E-state index >= 15 is 0 Å². The Morgan fingerprint density at radius 3 is 3.00 bits per heavy atom. The molecule has 3 heteroatoms. The number of ether oxygens (including phenoxy) is 1. The molecule has 5 atom stereocenters. The molecule has 2 saturated carbocycles. The predicted molar refractivity (Wildman–Crippen MR) is 47.9 cm³/mol. The van der Waals surface area contributed by atoms with E-state index in [0.717, 1.165) is 6.42 Å². The molecule has 0 aromatic heterocycles. The summed E-state index contributed by atoms with van der Waals surface area (Å²) in [4.78, 5) is 11.7. The van der Waals surface area contributed by atoms with Crippen molar-refractivity contribution < 1.29 is 9.53 Å². The number of carbonyl (C=O) groups excluding carboxylic acids is 1. The fourth-order valence-corrected chi connectivity index (χ4v) is 3.97. The van der Waals surface area contributed by atoms with Gasteiger partial charge in [-0.1, -0.05) is 6.92 Å². The van der Waals surface area contributed by atoms with Gasteiger partial charge in [0.25, 0.3) is 0 Å². The van der Waals surface area contributed by atoms with Crippen LogP contribution >= 0.6 is 0 Å². The van der Waals surface area contributed by atoms with Crippen molar-refractivity contribution in [3.63, 3.8) is 0 Å². The van der Waals surface area contributed by atoms with Crippen LogP contribution in [-0.4, -0.2) is 12.6 Å². The van der Waals surface area contributed by atoms with Gasteiger partial charge < -0.3 is 4.74 Å². The molecule has 5 unspecified atom stereocenters. The largest absolute Gasteiger partial charge is 0.464 e. The summed E-state index contributed by atoms with van der Waals surface area (Å²) in [5.41, 5.74) is -0.762. The number of carbonyl (C=O) groups is 1. The first-order chi connectivity index (χ1) is 6.70. The average molecular weight is 191 g/mol. The average Bonchev–Trinajstić information content (AvgIpc) is 2.76. The molecule has 1 heterocycles. The second kappa shape index (κ2) is 2.31. The zero-order chi connectivity index (χ0) is 9.92. The summed E-state index contributed by atoms with van der Waals surface area (Å²) < 4.78 is 5.08. The molecular formula is C11H13NO2. The van der Waals surface area contributed by atoms with Gasteiger partial charge >= 0.3 is 5.97 Å². The summed E-state index contributed by atoms with van der Waals surface area (Å²) in [7, 11) is 0. The third-order valence-electron chi connectivity index (χ3n) is 4.57. The van der Waals surface area contributed by atoms with E-state index in [2.05, 4.69) is 13.0 Å². The number of fused-ring (bicyclic) bond motifs is 5. The van der Waals surface area contributed by atoms with Crippen molar-refractivity contribution in [2.75, 3.05) is 6.61 Å². The zero-order valence-corrected chi connectivity index (χ0v) is 8.19. The van der Waals surface area contributed by atoms with E-state index in [4.69, 9.17) is 4.74 Å². The molecule has 3 aliphatic rings. The van der Waals surface area contributed by atoms with Gasteiger partial charge in [0.15, 0.2) is 5.41 Å². The van der Waals surface area contributed by atoms with E-state index in [1.807, 2.05) is 0 Å². The van der Waals surface area contributed by atoms with Crippen LogP contribution in [0.15, 0.2) is 0 Å². The maximum Gasteiger partial charge on any atom is 0.327 e. The summed E-state index contributed by atoms with van der Waals surface area (Å²) in [5, 5.41) is 9.29. The number of rotatable bonds is 0.